The Morgan fingerprint density at radius 3 is 2.89 bits per heavy atom. The molecule has 3 aromatic heterocycles. The number of halogens is 3. The smallest absolute Gasteiger partial charge is 0.369 e. The molecule has 0 amide bonds. The standard InChI is InChI=1S/C16H17F3N6O2S/c17-16(18,19)9-28(26,27)24-10-2-1-7-25(8-10)12-4-6-21-15-13(12)11-3-5-20-14(11)22-23-15/h3-6,10,24H,1-2,7-9H2,(H,21,23). The second-order valence-electron chi connectivity index (χ2n) is 6.75. The molecule has 1 saturated heterocycles. The van der Waals surface area contributed by atoms with E-state index in [4.69, 9.17) is 0 Å². The number of hydrogen-bond acceptors (Lipinski definition) is 6. The molecule has 0 radical (unpaired) electrons. The fraction of sp³-hybridized carbons (Fsp3) is 0.438. The van der Waals surface area contributed by atoms with Gasteiger partial charge in [0, 0.05) is 36.9 Å². The van der Waals surface area contributed by atoms with Gasteiger partial charge in [0.15, 0.2) is 17.0 Å². The Morgan fingerprint density at radius 2 is 2.11 bits per heavy atom. The minimum atomic E-state index is -4.78. The van der Waals surface area contributed by atoms with Crippen molar-refractivity contribution < 1.29 is 21.6 Å². The summed E-state index contributed by atoms with van der Waals surface area (Å²) in [5.41, 5.74) is 1.85. The van der Waals surface area contributed by atoms with Gasteiger partial charge in [-0.25, -0.2) is 18.1 Å². The van der Waals surface area contributed by atoms with E-state index in [2.05, 4.69) is 24.9 Å². The molecule has 4 rings (SSSR count). The van der Waals surface area contributed by atoms with Crippen molar-refractivity contribution in [2.75, 3.05) is 23.7 Å². The van der Waals surface area contributed by atoms with E-state index in [1.165, 1.54) is 0 Å². The van der Waals surface area contributed by atoms with Gasteiger partial charge in [-0.05, 0) is 25.0 Å². The van der Waals surface area contributed by atoms with Crippen LogP contribution in [0.15, 0.2) is 24.5 Å². The molecule has 0 spiro atoms. The first kappa shape index (κ1) is 18.9. The molecule has 150 valence electrons. The molecule has 0 bridgehead atoms. The van der Waals surface area contributed by atoms with Gasteiger partial charge in [0.05, 0.1) is 11.1 Å². The summed E-state index contributed by atoms with van der Waals surface area (Å²) in [4.78, 5) is 9.12. The summed E-state index contributed by atoms with van der Waals surface area (Å²) in [6, 6.07) is 3.05. The lowest BCUT2D eigenvalue weighted by Crippen LogP contribution is -2.49. The van der Waals surface area contributed by atoms with Gasteiger partial charge in [0.1, 0.15) is 0 Å². The summed E-state index contributed by atoms with van der Waals surface area (Å²) in [5, 5.41) is 9.77. The Morgan fingerprint density at radius 1 is 1.29 bits per heavy atom. The molecule has 1 aliphatic heterocycles. The Hall–Kier alpha value is -2.47. The number of H-pyrrole nitrogens is 1. The number of anilines is 1. The first-order chi connectivity index (χ1) is 13.2. The van der Waals surface area contributed by atoms with E-state index in [0.29, 0.717) is 30.7 Å². The van der Waals surface area contributed by atoms with Crippen LogP contribution < -0.4 is 9.62 Å². The van der Waals surface area contributed by atoms with Crippen LogP contribution >= 0.6 is 0 Å². The Kier molecular flexibility index (Phi) is 4.62. The molecule has 3 aromatic rings. The van der Waals surface area contributed by atoms with Crippen molar-refractivity contribution in [1.82, 2.24) is 24.9 Å². The van der Waals surface area contributed by atoms with Crippen LogP contribution in [0.25, 0.3) is 22.1 Å². The molecular weight excluding hydrogens is 397 g/mol. The number of alkyl halides is 3. The van der Waals surface area contributed by atoms with Crippen molar-refractivity contribution in [3.05, 3.63) is 24.5 Å². The van der Waals surface area contributed by atoms with Crippen LogP contribution in [-0.2, 0) is 10.0 Å². The quantitative estimate of drug-likeness (QED) is 0.676. The van der Waals surface area contributed by atoms with E-state index in [9.17, 15) is 21.6 Å². The maximum absolute atomic E-state index is 12.5. The second kappa shape index (κ2) is 6.85. The maximum Gasteiger partial charge on any atom is 0.404 e. The van der Waals surface area contributed by atoms with Gasteiger partial charge in [0.25, 0.3) is 0 Å². The summed E-state index contributed by atoms with van der Waals surface area (Å²) in [7, 11) is -4.45. The van der Waals surface area contributed by atoms with Crippen LogP contribution in [0.2, 0.25) is 0 Å². The molecule has 0 aliphatic carbocycles. The third-order valence-electron chi connectivity index (χ3n) is 4.61. The highest BCUT2D eigenvalue weighted by Gasteiger charge is 2.36. The highest BCUT2D eigenvalue weighted by molar-refractivity contribution is 7.89. The molecule has 28 heavy (non-hydrogen) atoms. The summed E-state index contributed by atoms with van der Waals surface area (Å²) >= 11 is 0. The number of hydrogen-bond donors (Lipinski definition) is 2. The number of rotatable bonds is 4. The molecule has 0 saturated carbocycles. The second-order valence-corrected chi connectivity index (χ2v) is 8.50. The number of fused-ring (bicyclic) bond motifs is 3. The van der Waals surface area contributed by atoms with Crippen LogP contribution in [0.3, 0.4) is 0 Å². The lowest BCUT2D eigenvalue weighted by Gasteiger charge is -2.35. The van der Waals surface area contributed by atoms with Crippen molar-refractivity contribution in [2.45, 2.75) is 25.1 Å². The van der Waals surface area contributed by atoms with E-state index < -0.39 is 28.0 Å². The van der Waals surface area contributed by atoms with Gasteiger partial charge in [-0.3, -0.25) is 0 Å². The number of piperidine rings is 1. The summed E-state index contributed by atoms with van der Waals surface area (Å²) in [6.45, 7) is 0.905. The number of aromatic amines is 1. The third-order valence-corrected chi connectivity index (χ3v) is 6.01. The zero-order chi connectivity index (χ0) is 19.9. The van der Waals surface area contributed by atoms with Crippen LogP contribution in [0, 0.1) is 0 Å². The average molecular weight is 414 g/mol. The molecule has 1 fully saturated rings. The topological polar surface area (TPSA) is 104 Å². The third kappa shape index (κ3) is 3.87. The minimum Gasteiger partial charge on any atom is -0.369 e. The zero-order valence-electron chi connectivity index (χ0n) is 14.6. The first-order valence-electron chi connectivity index (χ1n) is 8.62. The first-order valence-corrected chi connectivity index (χ1v) is 10.3. The number of pyridine rings is 1. The van der Waals surface area contributed by atoms with Crippen molar-refractivity contribution in [2.24, 2.45) is 0 Å². The Labute approximate surface area is 158 Å². The molecule has 12 heteroatoms. The Balaban J connectivity index is 1.63. The molecule has 8 nitrogen and oxygen atoms in total. The molecule has 2 N–H and O–H groups in total. The van der Waals surface area contributed by atoms with Crippen molar-refractivity contribution in [3.63, 3.8) is 0 Å². The van der Waals surface area contributed by atoms with Gasteiger partial charge in [-0.1, -0.05) is 0 Å². The highest BCUT2D eigenvalue weighted by Crippen LogP contribution is 2.31. The van der Waals surface area contributed by atoms with E-state index in [0.717, 1.165) is 16.5 Å². The molecule has 4 heterocycles. The van der Waals surface area contributed by atoms with E-state index >= 15 is 0 Å². The van der Waals surface area contributed by atoms with Gasteiger partial charge in [0.2, 0.25) is 10.0 Å². The number of nitrogens with one attached hydrogen (secondary N) is 2. The molecule has 0 aromatic carbocycles. The van der Waals surface area contributed by atoms with Gasteiger partial charge in [-0.15, -0.1) is 10.2 Å². The minimum absolute atomic E-state index is 0.258. The Bertz CT molecular complexity index is 1110. The molecule has 1 atom stereocenters. The van der Waals surface area contributed by atoms with Crippen LogP contribution in [-0.4, -0.2) is 59.6 Å². The zero-order valence-corrected chi connectivity index (χ0v) is 15.4. The number of aromatic nitrogens is 4. The maximum atomic E-state index is 12.5. The van der Waals surface area contributed by atoms with E-state index in [-0.39, 0.29) is 6.54 Å². The fourth-order valence-electron chi connectivity index (χ4n) is 3.59. The fourth-order valence-corrected chi connectivity index (χ4v) is 4.80. The normalized spacial score (nSPS) is 18.8. The van der Waals surface area contributed by atoms with Gasteiger partial charge >= 0.3 is 6.18 Å². The van der Waals surface area contributed by atoms with Crippen molar-refractivity contribution in [3.8, 4) is 0 Å². The van der Waals surface area contributed by atoms with Crippen LogP contribution in [0.1, 0.15) is 12.8 Å². The number of nitrogens with zero attached hydrogens (tertiary/aromatic N) is 4. The lowest BCUT2D eigenvalue weighted by atomic mass is 10.0. The predicted octanol–water partition coefficient (Wildman–Crippen LogP) is 1.96. The van der Waals surface area contributed by atoms with Gasteiger partial charge in [-0.2, -0.15) is 13.2 Å². The molecular formula is C16H17F3N6O2S. The molecule has 1 unspecified atom stereocenters. The predicted molar refractivity (Wildman–Crippen MR) is 97.4 cm³/mol. The number of sulfonamides is 1. The SMILES string of the molecule is O=S(=O)(CC(F)(F)F)NC1CCCN(c2cc[nH]c3nnc4nccc4c23)C1. The van der Waals surface area contributed by atoms with Crippen molar-refractivity contribution >= 4 is 37.8 Å². The summed E-state index contributed by atoms with van der Waals surface area (Å²) < 4.78 is 63.3. The van der Waals surface area contributed by atoms with Gasteiger partial charge < -0.3 is 9.88 Å². The molecule has 1 aliphatic rings. The summed E-state index contributed by atoms with van der Waals surface area (Å²) in [6.07, 6.45) is -0.343. The monoisotopic (exact) mass is 414 g/mol. The highest BCUT2D eigenvalue weighted by atomic mass is 32.2. The van der Waals surface area contributed by atoms with E-state index in [1.807, 2.05) is 17.0 Å². The van der Waals surface area contributed by atoms with Crippen LogP contribution in [0.5, 0.6) is 0 Å². The summed E-state index contributed by atoms with van der Waals surface area (Å²) in [5.74, 6) is -1.88. The van der Waals surface area contributed by atoms with Crippen LogP contribution in [0.4, 0.5) is 18.9 Å². The largest absolute Gasteiger partial charge is 0.404 e. The average Bonchev–Trinajstić information content (AvgIpc) is 3.07. The van der Waals surface area contributed by atoms with E-state index in [1.54, 1.807) is 12.4 Å². The lowest BCUT2D eigenvalue weighted by molar-refractivity contribution is -0.106. The van der Waals surface area contributed by atoms with Crippen molar-refractivity contribution in [1.29, 1.82) is 0 Å².